The second-order valence-corrected chi connectivity index (χ2v) is 5.37. The highest BCUT2D eigenvalue weighted by Gasteiger charge is 2.03. The highest BCUT2D eigenvalue weighted by Crippen LogP contribution is 2.20. The van der Waals surface area contributed by atoms with E-state index in [0.717, 1.165) is 30.6 Å². The van der Waals surface area contributed by atoms with Crippen molar-refractivity contribution >= 4 is 11.8 Å². The Labute approximate surface area is 102 Å². The number of rotatable bonds is 6. The van der Waals surface area contributed by atoms with E-state index in [1.54, 1.807) is 0 Å². The fourth-order valence-corrected chi connectivity index (χ4v) is 1.86. The summed E-state index contributed by atoms with van der Waals surface area (Å²) in [4.78, 5) is 0. The van der Waals surface area contributed by atoms with Gasteiger partial charge >= 0.3 is 0 Å². The number of aryl methyl sites for hydroxylation is 1. The molecule has 0 fully saturated rings. The van der Waals surface area contributed by atoms with Gasteiger partial charge < -0.3 is 10.4 Å². The van der Waals surface area contributed by atoms with E-state index in [1.807, 2.05) is 36.9 Å². The molecule has 1 atom stereocenters. The summed E-state index contributed by atoms with van der Waals surface area (Å²) >= 11 is 1.89. The lowest BCUT2D eigenvalue weighted by molar-refractivity contribution is 0.460. The average Bonchev–Trinajstić information content (AvgIpc) is 2.29. The quantitative estimate of drug-likeness (QED) is 0.749. The molecule has 0 saturated carbocycles. The molecule has 0 heterocycles. The number of thioether (sulfide) groups is 1. The van der Waals surface area contributed by atoms with Gasteiger partial charge in [-0.25, -0.2) is 0 Å². The van der Waals surface area contributed by atoms with Crippen LogP contribution in [0.3, 0.4) is 0 Å². The van der Waals surface area contributed by atoms with E-state index in [-0.39, 0.29) is 0 Å². The first-order chi connectivity index (χ1) is 7.65. The predicted octanol–water partition coefficient (Wildman–Crippen LogP) is 2.93. The summed E-state index contributed by atoms with van der Waals surface area (Å²) in [5.74, 6) is 0.424. The van der Waals surface area contributed by atoms with Gasteiger partial charge in [-0.2, -0.15) is 11.8 Å². The summed E-state index contributed by atoms with van der Waals surface area (Å²) < 4.78 is 0. The highest BCUT2D eigenvalue weighted by molar-refractivity contribution is 7.99. The smallest absolute Gasteiger partial charge is 0.122 e. The van der Waals surface area contributed by atoms with Gasteiger partial charge in [0.25, 0.3) is 0 Å². The Hall–Kier alpha value is -0.670. The zero-order valence-corrected chi connectivity index (χ0v) is 11.1. The zero-order chi connectivity index (χ0) is 12.0. The minimum Gasteiger partial charge on any atom is -0.507 e. The number of hydrogen-bond donors (Lipinski definition) is 2. The van der Waals surface area contributed by atoms with Crippen molar-refractivity contribution in [1.29, 1.82) is 0 Å². The van der Waals surface area contributed by atoms with Crippen LogP contribution < -0.4 is 5.32 Å². The van der Waals surface area contributed by atoms with Crippen molar-refractivity contribution in [1.82, 2.24) is 5.32 Å². The fourth-order valence-electron chi connectivity index (χ4n) is 1.51. The molecule has 0 bridgehead atoms. The largest absolute Gasteiger partial charge is 0.507 e. The first-order valence-electron chi connectivity index (χ1n) is 5.66. The number of phenolic OH excluding ortho intramolecular Hbond substituents is 1. The first-order valence-corrected chi connectivity index (χ1v) is 6.95. The van der Waals surface area contributed by atoms with E-state index >= 15 is 0 Å². The maximum absolute atomic E-state index is 9.81. The van der Waals surface area contributed by atoms with Gasteiger partial charge in [0.1, 0.15) is 5.75 Å². The molecule has 0 aliphatic heterocycles. The van der Waals surface area contributed by atoms with E-state index < -0.39 is 0 Å². The van der Waals surface area contributed by atoms with Crippen molar-refractivity contribution in [2.75, 3.05) is 12.8 Å². The first kappa shape index (κ1) is 13.4. The second kappa shape index (κ2) is 6.81. The fraction of sp³-hybridized carbons (Fsp3) is 0.538. The van der Waals surface area contributed by atoms with E-state index in [9.17, 15) is 5.11 Å². The van der Waals surface area contributed by atoms with Gasteiger partial charge in [-0.1, -0.05) is 25.1 Å². The topological polar surface area (TPSA) is 32.3 Å². The van der Waals surface area contributed by atoms with Crippen LogP contribution in [0.2, 0.25) is 0 Å². The molecule has 1 unspecified atom stereocenters. The highest BCUT2D eigenvalue weighted by atomic mass is 32.2. The van der Waals surface area contributed by atoms with E-state index in [1.165, 1.54) is 0 Å². The molecule has 0 saturated heterocycles. The van der Waals surface area contributed by atoms with Crippen LogP contribution in [-0.4, -0.2) is 23.2 Å². The molecular formula is C13H21NOS. The maximum Gasteiger partial charge on any atom is 0.122 e. The van der Waals surface area contributed by atoms with E-state index in [0.29, 0.717) is 11.0 Å². The number of benzene rings is 1. The van der Waals surface area contributed by atoms with Gasteiger partial charge in [0, 0.05) is 17.4 Å². The van der Waals surface area contributed by atoms with Gasteiger partial charge in [0.05, 0.1) is 0 Å². The van der Waals surface area contributed by atoms with Crippen molar-refractivity contribution in [3.8, 4) is 5.75 Å². The second-order valence-electron chi connectivity index (χ2n) is 4.09. The molecule has 1 aromatic carbocycles. The Kier molecular flexibility index (Phi) is 5.71. The lowest BCUT2D eigenvalue weighted by Crippen LogP contribution is -2.17. The van der Waals surface area contributed by atoms with Gasteiger partial charge in [-0.05, 0) is 31.7 Å². The van der Waals surface area contributed by atoms with Gasteiger partial charge in [-0.3, -0.25) is 0 Å². The average molecular weight is 239 g/mol. The lowest BCUT2D eigenvalue weighted by Gasteiger charge is -2.10. The maximum atomic E-state index is 9.81. The minimum atomic E-state index is 0.424. The number of para-hydroxylation sites is 1. The van der Waals surface area contributed by atoms with Crippen LogP contribution in [0, 0.1) is 6.92 Å². The molecule has 16 heavy (non-hydrogen) atoms. The summed E-state index contributed by atoms with van der Waals surface area (Å²) in [6, 6.07) is 5.87. The van der Waals surface area contributed by atoms with Crippen LogP contribution in [-0.2, 0) is 6.54 Å². The summed E-state index contributed by atoms with van der Waals surface area (Å²) in [5, 5.41) is 13.9. The van der Waals surface area contributed by atoms with Crippen LogP contribution in [0.25, 0.3) is 0 Å². The summed E-state index contributed by atoms with van der Waals surface area (Å²) in [6.45, 7) is 5.90. The van der Waals surface area contributed by atoms with Crippen molar-refractivity contribution < 1.29 is 5.11 Å². The van der Waals surface area contributed by atoms with E-state index in [2.05, 4.69) is 18.5 Å². The SMILES string of the molecule is CSC(C)CCNCc1cccc(C)c1O. The van der Waals surface area contributed by atoms with Crippen LogP contribution in [0.15, 0.2) is 18.2 Å². The predicted molar refractivity (Wildman–Crippen MR) is 72.1 cm³/mol. The van der Waals surface area contributed by atoms with E-state index in [4.69, 9.17) is 0 Å². The van der Waals surface area contributed by atoms with Gasteiger partial charge in [-0.15, -0.1) is 0 Å². The molecule has 1 aromatic rings. The Morgan fingerprint density at radius 2 is 2.19 bits per heavy atom. The number of aromatic hydroxyl groups is 1. The standard InChI is InChI=1S/C13H21NOS/c1-10-5-4-6-12(13(10)15)9-14-8-7-11(2)16-3/h4-6,11,14-15H,7-9H2,1-3H3. The minimum absolute atomic E-state index is 0.424. The summed E-state index contributed by atoms with van der Waals surface area (Å²) in [5.41, 5.74) is 1.92. The Morgan fingerprint density at radius 1 is 1.44 bits per heavy atom. The summed E-state index contributed by atoms with van der Waals surface area (Å²) in [7, 11) is 0. The molecule has 0 radical (unpaired) electrons. The number of phenols is 1. The Bertz CT molecular complexity index is 328. The molecule has 0 amide bonds. The van der Waals surface area contributed by atoms with Crippen molar-refractivity contribution in [3.63, 3.8) is 0 Å². The Morgan fingerprint density at radius 3 is 2.88 bits per heavy atom. The molecule has 3 heteroatoms. The molecule has 0 spiro atoms. The number of hydrogen-bond acceptors (Lipinski definition) is 3. The van der Waals surface area contributed by atoms with Crippen molar-refractivity contribution in [3.05, 3.63) is 29.3 Å². The molecule has 2 nitrogen and oxygen atoms in total. The van der Waals surface area contributed by atoms with Crippen LogP contribution >= 0.6 is 11.8 Å². The third-order valence-corrected chi connectivity index (χ3v) is 3.81. The molecule has 0 aliphatic carbocycles. The monoisotopic (exact) mass is 239 g/mol. The van der Waals surface area contributed by atoms with Crippen LogP contribution in [0.4, 0.5) is 0 Å². The number of nitrogens with one attached hydrogen (secondary N) is 1. The van der Waals surface area contributed by atoms with Gasteiger partial charge in [0.15, 0.2) is 0 Å². The Balaban J connectivity index is 2.35. The van der Waals surface area contributed by atoms with Crippen molar-refractivity contribution in [2.24, 2.45) is 0 Å². The van der Waals surface area contributed by atoms with Gasteiger partial charge in [0.2, 0.25) is 0 Å². The molecule has 1 rings (SSSR count). The normalized spacial score (nSPS) is 12.7. The van der Waals surface area contributed by atoms with Crippen molar-refractivity contribution in [2.45, 2.75) is 32.1 Å². The van der Waals surface area contributed by atoms with Crippen LogP contribution in [0.1, 0.15) is 24.5 Å². The molecule has 90 valence electrons. The lowest BCUT2D eigenvalue weighted by atomic mass is 10.1. The molecular weight excluding hydrogens is 218 g/mol. The third-order valence-electron chi connectivity index (χ3n) is 2.77. The third kappa shape index (κ3) is 4.06. The molecule has 0 aliphatic rings. The zero-order valence-electron chi connectivity index (χ0n) is 10.3. The summed E-state index contributed by atoms with van der Waals surface area (Å²) in [6.07, 6.45) is 3.30. The van der Waals surface area contributed by atoms with Crippen LogP contribution in [0.5, 0.6) is 5.75 Å². The molecule has 0 aromatic heterocycles. The molecule has 2 N–H and O–H groups in total.